The molecule has 1 saturated heterocycles. The number of H-pyrrole nitrogens is 1. The molecule has 5 rings (SSSR count). The number of carbonyl (C=O) groups excluding carboxylic acids is 3. The number of benzene rings is 2. The topological polar surface area (TPSA) is 148 Å². The van der Waals surface area contributed by atoms with Crippen molar-refractivity contribution in [3.8, 4) is 6.07 Å². The van der Waals surface area contributed by atoms with Crippen LogP contribution in [0.5, 0.6) is 0 Å². The van der Waals surface area contributed by atoms with Gasteiger partial charge in [-0.2, -0.15) is 5.26 Å². The molecule has 0 saturated carbocycles. The molecule has 1 atom stereocenters. The Morgan fingerprint density at radius 3 is 2.77 bits per heavy atom. The van der Waals surface area contributed by atoms with E-state index in [1.165, 1.54) is 0 Å². The summed E-state index contributed by atoms with van der Waals surface area (Å²) in [5.41, 5.74) is 1.64. The van der Waals surface area contributed by atoms with Gasteiger partial charge in [-0.05, 0) is 42.5 Å². The number of nitrogens with one attached hydrogen (secondary N) is 2. The molecule has 10 nitrogen and oxygen atoms in total. The number of hydrogen-bond donors (Lipinski definition) is 3. The van der Waals surface area contributed by atoms with Gasteiger partial charge in [0.25, 0.3) is 5.91 Å². The summed E-state index contributed by atoms with van der Waals surface area (Å²) in [6.45, 7) is -1.23. The lowest BCUT2D eigenvalue weighted by Crippen LogP contribution is -2.46. The van der Waals surface area contributed by atoms with Crippen LogP contribution in [0.2, 0.25) is 0 Å². The summed E-state index contributed by atoms with van der Waals surface area (Å²) in [5, 5.41) is 22.6. The Labute approximate surface area is 199 Å². The van der Waals surface area contributed by atoms with E-state index in [-0.39, 0.29) is 11.4 Å². The average molecular weight is 471 g/mol. The number of rotatable bonds is 5. The normalized spacial score (nSPS) is 19.8. The molecule has 2 aromatic carbocycles. The zero-order chi connectivity index (χ0) is 24.6. The number of aliphatic hydroxyl groups is 1. The highest BCUT2D eigenvalue weighted by Crippen LogP contribution is 2.39. The fourth-order valence-electron chi connectivity index (χ4n) is 4.68. The van der Waals surface area contributed by atoms with E-state index in [2.05, 4.69) is 15.3 Å². The van der Waals surface area contributed by atoms with Gasteiger partial charge in [0, 0.05) is 0 Å². The van der Waals surface area contributed by atoms with Gasteiger partial charge in [0.1, 0.15) is 30.3 Å². The predicted octanol–water partition coefficient (Wildman–Crippen LogP) is 2.68. The third-order valence-electron chi connectivity index (χ3n) is 6.33. The van der Waals surface area contributed by atoms with Crippen molar-refractivity contribution < 1.29 is 24.2 Å². The zero-order valence-electron chi connectivity index (χ0n) is 18.6. The van der Waals surface area contributed by atoms with E-state index in [9.17, 15) is 24.8 Å². The Morgan fingerprint density at radius 2 is 1.97 bits per heavy atom. The predicted molar refractivity (Wildman–Crippen MR) is 124 cm³/mol. The third kappa shape index (κ3) is 3.77. The maximum Gasteiger partial charge on any atom is 0.326 e. The molecule has 1 aliphatic heterocycles. The number of nitrogens with zero attached hydrogens (tertiary/aromatic N) is 3. The SMILES string of the molecule is N#CC(=C(O)COC(=O)CN1C(=O)N[C@@]2(CCCc3ccccc32)C1=O)c1nc2ccccc2[nH]1. The van der Waals surface area contributed by atoms with Gasteiger partial charge in [0.2, 0.25) is 0 Å². The minimum absolute atomic E-state index is 0.134. The number of amides is 3. The fourth-order valence-corrected chi connectivity index (χ4v) is 4.68. The first-order valence-corrected chi connectivity index (χ1v) is 11.1. The monoisotopic (exact) mass is 471 g/mol. The third-order valence-corrected chi connectivity index (χ3v) is 6.33. The highest BCUT2D eigenvalue weighted by Gasteiger charge is 2.54. The average Bonchev–Trinajstić information content (AvgIpc) is 3.38. The Balaban J connectivity index is 1.29. The number of imide groups is 1. The minimum Gasteiger partial charge on any atom is -0.507 e. The first kappa shape index (κ1) is 22.2. The first-order valence-electron chi connectivity index (χ1n) is 11.1. The molecule has 35 heavy (non-hydrogen) atoms. The molecular weight excluding hydrogens is 450 g/mol. The van der Waals surface area contributed by atoms with Crippen LogP contribution in [0.1, 0.15) is 29.8 Å². The smallest absolute Gasteiger partial charge is 0.326 e. The molecule has 10 heteroatoms. The summed E-state index contributed by atoms with van der Waals surface area (Å²) in [5.74, 6) is -1.78. The van der Waals surface area contributed by atoms with Crippen molar-refractivity contribution in [1.82, 2.24) is 20.2 Å². The maximum absolute atomic E-state index is 13.3. The summed E-state index contributed by atoms with van der Waals surface area (Å²) in [6, 6.07) is 15.7. The van der Waals surface area contributed by atoms with E-state index >= 15 is 0 Å². The molecule has 0 unspecified atom stereocenters. The lowest BCUT2D eigenvalue weighted by molar-refractivity contribution is -0.147. The van der Waals surface area contributed by atoms with Crippen LogP contribution < -0.4 is 5.32 Å². The highest BCUT2D eigenvalue weighted by molar-refractivity contribution is 6.09. The summed E-state index contributed by atoms with van der Waals surface area (Å²) in [6.07, 6.45) is 1.96. The van der Waals surface area contributed by atoms with Crippen LogP contribution in [0.3, 0.4) is 0 Å². The number of fused-ring (bicyclic) bond motifs is 3. The molecule has 2 heterocycles. The molecule has 1 aliphatic carbocycles. The molecule has 0 radical (unpaired) electrons. The molecule has 3 N–H and O–H groups in total. The van der Waals surface area contributed by atoms with Crippen LogP contribution in [-0.2, 0) is 26.3 Å². The number of hydrogen-bond acceptors (Lipinski definition) is 7. The van der Waals surface area contributed by atoms with Crippen LogP contribution in [0.4, 0.5) is 4.79 Å². The fraction of sp³-hybridized carbons (Fsp3) is 0.240. The van der Waals surface area contributed by atoms with Crippen molar-refractivity contribution in [2.45, 2.75) is 24.8 Å². The Hall–Kier alpha value is -4.65. The van der Waals surface area contributed by atoms with Crippen molar-refractivity contribution in [2.75, 3.05) is 13.2 Å². The van der Waals surface area contributed by atoms with Gasteiger partial charge in [-0.1, -0.05) is 36.4 Å². The van der Waals surface area contributed by atoms with Crippen molar-refractivity contribution in [3.05, 3.63) is 71.2 Å². The second kappa shape index (κ2) is 8.61. The van der Waals surface area contributed by atoms with Crippen molar-refractivity contribution in [2.24, 2.45) is 0 Å². The number of aryl methyl sites for hydroxylation is 1. The van der Waals surface area contributed by atoms with Gasteiger partial charge in [-0.25, -0.2) is 9.78 Å². The molecule has 1 aromatic heterocycles. The number of nitriles is 1. The second-order valence-corrected chi connectivity index (χ2v) is 8.43. The van der Waals surface area contributed by atoms with Crippen LogP contribution in [0.15, 0.2) is 54.3 Å². The standard InChI is InChI=1S/C25H21N5O5/c26-12-16(22-27-18-9-3-4-10-19(18)28-22)20(31)14-35-21(32)13-30-23(33)25(29-24(30)34)11-5-7-15-6-1-2-8-17(15)25/h1-4,6,8-10,31H,5,7,11,13-14H2,(H,27,28)(H,29,34)/t25-/m1/s1. The number of aromatic nitrogens is 2. The van der Waals surface area contributed by atoms with Gasteiger partial charge in [0.15, 0.2) is 11.6 Å². The van der Waals surface area contributed by atoms with E-state index in [1.807, 2.05) is 30.3 Å². The quantitative estimate of drug-likeness (QED) is 0.224. The van der Waals surface area contributed by atoms with Gasteiger partial charge >= 0.3 is 12.0 Å². The number of allylic oxidation sites excluding steroid dienone is 1. The van der Waals surface area contributed by atoms with E-state index in [4.69, 9.17) is 4.74 Å². The van der Waals surface area contributed by atoms with E-state index in [0.29, 0.717) is 17.5 Å². The highest BCUT2D eigenvalue weighted by atomic mass is 16.5. The van der Waals surface area contributed by atoms with Crippen molar-refractivity contribution >= 4 is 34.5 Å². The van der Waals surface area contributed by atoms with Crippen LogP contribution in [0.25, 0.3) is 16.6 Å². The van der Waals surface area contributed by atoms with E-state index in [1.54, 1.807) is 24.3 Å². The van der Waals surface area contributed by atoms with Crippen molar-refractivity contribution in [3.63, 3.8) is 0 Å². The van der Waals surface area contributed by atoms with Crippen molar-refractivity contribution in [1.29, 1.82) is 5.26 Å². The van der Waals surface area contributed by atoms with Gasteiger partial charge < -0.3 is 20.1 Å². The number of para-hydroxylation sites is 2. The minimum atomic E-state index is -1.19. The molecule has 176 valence electrons. The first-order chi connectivity index (χ1) is 16.9. The maximum atomic E-state index is 13.3. The number of urea groups is 1. The van der Waals surface area contributed by atoms with Gasteiger partial charge in [-0.15, -0.1) is 0 Å². The number of imidazole rings is 1. The Kier molecular flexibility index (Phi) is 5.45. The molecule has 3 amide bonds. The number of ether oxygens (including phenoxy) is 1. The van der Waals surface area contributed by atoms with Crippen LogP contribution >= 0.6 is 0 Å². The summed E-state index contributed by atoms with van der Waals surface area (Å²) < 4.78 is 5.07. The molecule has 1 fully saturated rings. The van der Waals surface area contributed by atoms with Gasteiger partial charge in [0.05, 0.1) is 11.0 Å². The van der Waals surface area contributed by atoms with Crippen LogP contribution in [-0.4, -0.2) is 51.0 Å². The lowest BCUT2D eigenvalue weighted by Gasteiger charge is -2.33. The summed E-state index contributed by atoms with van der Waals surface area (Å²) in [7, 11) is 0. The van der Waals surface area contributed by atoms with E-state index in [0.717, 1.165) is 28.9 Å². The largest absolute Gasteiger partial charge is 0.507 e. The number of aliphatic hydroxyl groups excluding tert-OH is 1. The number of esters is 1. The zero-order valence-corrected chi connectivity index (χ0v) is 18.6. The number of aromatic amines is 1. The van der Waals surface area contributed by atoms with Crippen LogP contribution in [0, 0.1) is 11.3 Å². The molecular formula is C25H21N5O5. The Morgan fingerprint density at radius 1 is 1.20 bits per heavy atom. The Bertz CT molecular complexity index is 1400. The molecule has 0 bridgehead atoms. The number of carbonyl (C=O) groups is 3. The summed E-state index contributed by atoms with van der Waals surface area (Å²) >= 11 is 0. The van der Waals surface area contributed by atoms with E-state index < -0.39 is 42.4 Å². The lowest BCUT2D eigenvalue weighted by atomic mass is 9.76. The molecule has 1 spiro atoms. The molecule has 3 aromatic rings. The van der Waals surface area contributed by atoms with Gasteiger partial charge in [-0.3, -0.25) is 14.5 Å². The second-order valence-electron chi connectivity index (χ2n) is 8.43. The molecule has 2 aliphatic rings. The summed E-state index contributed by atoms with van der Waals surface area (Å²) in [4.78, 5) is 46.4.